The Morgan fingerprint density at radius 2 is 2.06 bits per heavy atom. The quantitative estimate of drug-likeness (QED) is 0.458. The Morgan fingerprint density at radius 1 is 1.50 bits per heavy atom. The summed E-state index contributed by atoms with van der Waals surface area (Å²) in [4.78, 5) is 8.45. The van der Waals surface area contributed by atoms with E-state index >= 15 is 0 Å². The molecule has 9 heteroatoms. The molecule has 0 bridgehead atoms. The third-order valence-electron chi connectivity index (χ3n) is 1.62. The van der Waals surface area contributed by atoms with Crippen molar-refractivity contribution in [2.75, 3.05) is 0 Å². The lowest BCUT2D eigenvalue weighted by atomic mass is 10.2. The second kappa shape index (κ2) is 4.03. The maximum atomic E-state index is 13.2. The topological polar surface area (TPSA) is 101 Å². The van der Waals surface area contributed by atoms with Crippen LogP contribution in [0.15, 0.2) is 17.0 Å². The molecule has 0 fully saturated rings. The summed E-state index contributed by atoms with van der Waals surface area (Å²) in [7, 11) is 0.504. The zero-order valence-electron chi connectivity index (χ0n) is 7.35. The fourth-order valence-electron chi connectivity index (χ4n) is 0.974. The van der Waals surface area contributed by atoms with Gasteiger partial charge in [0.05, 0.1) is 11.0 Å². The predicted octanol–water partition coefficient (Wildman–Crippen LogP) is 1.53. The lowest BCUT2D eigenvalue weighted by Crippen LogP contribution is -2.01. The van der Waals surface area contributed by atoms with E-state index in [1.54, 1.807) is 0 Å². The Hall–Kier alpha value is -1.72. The van der Waals surface area contributed by atoms with Crippen LogP contribution in [0.5, 0.6) is 0 Å². The average molecular weight is 265 g/mol. The third kappa shape index (κ3) is 2.26. The van der Waals surface area contributed by atoms with Gasteiger partial charge in [-0.2, -0.15) is 5.26 Å². The normalized spacial score (nSPS) is 10.8. The minimum Gasteiger partial charge on any atom is -0.258 e. The summed E-state index contributed by atoms with van der Waals surface area (Å²) >= 11 is 0. The minimum absolute atomic E-state index is 0.449. The first-order chi connectivity index (χ1) is 7.27. The van der Waals surface area contributed by atoms with E-state index < -0.39 is 35.9 Å². The van der Waals surface area contributed by atoms with Crippen LogP contribution >= 0.6 is 10.7 Å². The van der Waals surface area contributed by atoms with Crippen LogP contribution in [-0.4, -0.2) is 13.3 Å². The van der Waals surface area contributed by atoms with Gasteiger partial charge in [-0.25, -0.2) is 12.8 Å². The zero-order chi connectivity index (χ0) is 12.5. The monoisotopic (exact) mass is 264 g/mol. The highest BCUT2D eigenvalue weighted by Gasteiger charge is 2.24. The van der Waals surface area contributed by atoms with Crippen LogP contribution < -0.4 is 0 Å². The van der Waals surface area contributed by atoms with E-state index in [2.05, 4.69) is 0 Å². The van der Waals surface area contributed by atoms with Crippen LogP contribution in [-0.2, 0) is 9.05 Å². The van der Waals surface area contributed by atoms with Crippen molar-refractivity contribution in [1.29, 1.82) is 5.26 Å². The molecule has 0 amide bonds. The fourth-order valence-corrected chi connectivity index (χ4v) is 1.99. The SMILES string of the molecule is N#Cc1c(F)cc([N+](=O)[O-])cc1S(=O)(=O)Cl. The first-order valence-corrected chi connectivity index (χ1v) is 5.91. The first kappa shape index (κ1) is 12.4. The average Bonchev–Trinajstić information content (AvgIpc) is 2.14. The molecule has 0 N–H and O–H groups in total. The maximum absolute atomic E-state index is 13.2. The van der Waals surface area contributed by atoms with Crippen molar-refractivity contribution in [1.82, 2.24) is 0 Å². The Kier molecular flexibility index (Phi) is 3.11. The predicted molar refractivity (Wildman–Crippen MR) is 50.8 cm³/mol. The van der Waals surface area contributed by atoms with Gasteiger partial charge in [-0.15, -0.1) is 0 Å². The lowest BCUT2D eigenvalue weighted by molar-refractivity contribution is -0.385. The molecular weight excluding hydrogens is 263 g/mol. The molecule has 0 aliphatic carbocycles. The number of nitro benzene ring substituents is 1. The molecule has 84 valence electrons. The number of non-ortho nitro benzene ring substituents is 1. The van der Waals surface area contributed by atoms with E-state index in [0.29, 0.717) is 12.1 Å². The van der Waals surface area contributed by atoms with E-state index in [9.17, 15) is 22.9 Å². The third-order valence-corrected chi connectivity index (χ3v) is 2.97. The zero-order valence-corrected chi connectivity index (χ0v) is 8.92. The summed E-state index contributed by atoms with van der Waals surface area (Å²) in [5, 5.41) is 18.9. The molecule has 0 heterocycles. The number of rotatable bonds is 2. The van der Waals surface area contributed by atoms with Gasteiger partial charge in [-0.3, -0.25) is 10.1 Å². The summed E-state index contributed by atoms with van der Waals surface area (Å²) in [6, 6.07) is 2.26. The van der Waals surface area contributed by atoms with Gasteiger partial charge in [0.1, 0.15) is 22.3 Å². The molecule has 1 rings (SSSR count). The Morgan fingerprint density at radius 3 is 2.44 bits per heavy atom. The Bertz CT molecular complexity index is 608. The number of nitriles is 1. The Balaban J connectivity index is 3.71. The van der Waals surface area contributed by atoms with E-state index in [0.717, 1.165) is 0 Å². The van der Waals surface area contributed by atoms with Crippen LogP contribution in [0.2, 0.25) is 0 Å². The molecule has 0 saturated carbocycles. The smallest absolute Gasteiger partial charge is 0.258 e. The molecule has 0 saturated heterocycles. The second-order valence-electron chi connectivity index (χ2n) is 2.61. The van der Waals surface area contributed by atoms with Crippen molar-refractivity contribution < 1.29 is 17.7 Å². The van der Waals surface area contributed by atoms with Crippen LogP contribution in [0.25, 0.3) is 0 Å². The lowest BCUT2D eigenvalue weighted by Gasteiger charge is -2.00. The maximum Gasteiger partial charge on any atom is 0.273 e. The van der Waals surface area contributed by atoms with Crippen LogP contribution in [0.1, 0.15) is 5.56 Å². The van der Waals surface area contributed by atoms with E-state index in [4.69, 9.17) is 15.9 Å². The molecule has 1 aromatic carbocycles. The summed E-state index contributed by atoms with van der Waals surface area (Å²) in [6.45, 7) is 0. The number of nitrogens with zero attached hydrogens (tertiary/aromatic N) is 2. The van der Waals surface area contributed by atoms with Gasteiger partial charge in [0.15, 0.2) is 0 Å². The molecule has 6 nitrogen and oxygen atoms in total. The van der Waals surface area contributed by atoms with Crippen molar-refractivity contribution in [2.45, 2.75) is 4.90 Å². The molecular formula is C7H2ClFN2O4S. The second-order valence-corrected chi connectivity index (χ2v) is 5.14. The van der Waals surface area contributed by atoms with Gasteiger partial charge < -0.3 is 0 Å². The standard InChI is InChI=1S/C7H2ClFN2O4S/c8-16(14,15)7-2-4(11(12)13)1-6(9)5(7)3-10/h1-2H. The van der Waals surface area contributed by atoms with E-state index in [-0.39, 0.29) is 0 Å². The summed E-state index contributed by atoms with van der Waals surface area (Å²) in [5.41, 5.74) is -1.64. The van der Waals surface area contributed by atoms with Crippen LogP contribution in [0, 0.1) is 27.3 Å². The molecule has 0 spiro atoms. The van der Waals surface area contributed by atoms with Gasteiger partial charge in [-0.1, -0.05) is 0 Å². The van der Waals surface area contributed by atoms with Gasteiger partial charge >= 0.3 is 0 Å². The first-order valence-electron chi connectivity index (χ1n) is 3.60. The fraction of sp³-hybridized carbons (Fsp3) is 0. The summed E-state index contributed by atoms with van der Waals surface area (Å²) in [6.07, 6.45) is 0. The molecule has 0 radical (unpaired) electrons. The highest BCUT2D eigenvalue weighted by molar-refractivity contribution is 8.13. The number of benzene rings is 1. The molecule has 0 aliphatic rings. The van der Waals surface area contributed by atoms with Crippen molar-refractivity contribution in [3.05, 3.63) is 33.6 Å². The molecule has 16 heavy (non-hydrogen) atoms. The molecule has 0 unspecified atom stereocenters. The largest absolute Gasteiger partial charge is 0.273 e. The number of halogens is 2. The minimum atomic E-state index is -4.42. The van der Waals surface area contributed by atoms with Crippen molar-refractivity contribution >= 4 is 25.4 Å². The van der Waals surface area contributed by atoms with E-state index in [1.807, 2.05) is 0 Å². The van der Waals surface area contributed by atoms with Gasteiger partial charge in [0.25, 0.3) is 14.7 Å². The molecule has 0 aliphatic heterocycles. The van der Waals surface area contributed by atoms with Gasteiger partial charge in [0.2, 0.25) is 0 Å². The van der Waals surface area contributed by atoms with E-state index in [1.165, 1.54) is 6.07 Å². The highest BCUT2D eigenvalue weighted by atomic mass is 35.7. The number of hydrogen-bond donors (Lipinski definition) is 0. The molecule has 1 aromatic rings. The molecule has 0 aromatic heterocycles. The van der Waals surface area contributed by atoms with Crippen molar-refractivity contribution in [2.24, 2.45) is 0 Å². The summed E-state index contributed by atoms with van der Waals surface area (Å²) in [5.74, 6) is -1.31. The highest BCUT2D eigenvalue weighted by Crippen LogP contribution is 2.27. The summed E-state index contributed by atoms with van der Waals surface area (Å²) < 4.78 is 35.1. The molecule has 0 atom stereocenters. The van der Waals surface area contributed by atoms with Gasteiger partial charge in [0, 0.05) is 16.7 Å². The van der Waals surface area contributed by atoms with Crippen molar-refractivity contribution in [3.8, 4) is 6.07 Å². The number of nitro groups is 1. The van der Waals surface area contributed by atoms with Crippen LogP contribution in [0.4, 0.5) is 10.1 Å². The van der Waals surface area contributed by atoms with Crippen molar-refractivity contribution in [3.63, 3.8) is 0 Å². The van der Waals surface area contributed by atoms with Crippen LogP contribution in [0.3, 0.4) is 0 Å². The van der Waals surface area contributed by atoms with Gasteiger partial charge in [-0.05, 0) is 0 Å². The Labute approximate surface area is 93.4 Å². The number of hydrogen-bond acceptors (Lipinski definition) is 5.